The van der Waals surface area contributed by atoms with Crippen LogP contribution in [0.15, 0.2) is 23.8 Å². The van der Waals surface area contributed by atoms with Crippen molar-refractivity contribution in [1.82, 2.24) is 0 Å². The topological polar surface area (TPSA) is 118 Å². The molecule has 0 radical (unpaired) electrons. The molecule has 6 heteroatoms. The van der Waals surface area contributed by atoms with Crippen LogP contribution in [0, 0.1) is 50.7 Å². The molecule has 0 bridgehead atoms. The summed E-state index contributed by atoms with van der Waals surface area (Å²) >= 11 is 0. The van der Waals surface area contributed by atoms with Gasteiger partial charge in [-0.25, -0.2) is 0 Å². The Morgan fingerprint density at radius 3 is 2.36 bits per heavy atom. The zero-order valence-corrected chi connectivity index (χ0v) is 22.6. The van der Waals surface area contributed by atoms with Gasteiger partial charge in [-0.3, -0.25) is 4.79 Å². The third kappa shape index (κ3) is 2.85. The molecule has 0 spiro atoms. The Bertz CT molecular complexity index is 1010. The molecular formula is C30H46O6. The molecule has 0 saturated heterocycles. The lowest BCUT2D eigenvalue weighted by molar-refractivity contribution is -0.270. The van der Waals surface area contributed by atoms with Gasteiger partial charge < -0.3 is 25.5 Å². The Morgan fingerprint density at radius 1 is 1.08 bits per heavy atom. The quantitative estimate of drug-likeness (QED) is 0.365. The maximum Gasteiger partial charge on any atom is 0.310 e. The molecule has 3 unspecified atom stereocenters. The van der Waals surface area contributed by atoms with E-state index < -0.39 is 51.4 Å². The molecule has 4 saturated carbocycles. The molecular weight excluding hydrogens is 456 g/mol. The highest BCUT2D eigenvalue weighted by molar-refractivity contribution is 5.77. The van der Waals surface area contributed by atoms with Gasteiger partial charge in [0.05, 0.1) is 30.3 Å². The number of carboxylic acid groups (broad SMARTS) is 1. The number of fused-ring (bicyclic) bond motifs is 7. The second-order valence-corrected chi connectivity index (χ2v) is 14.2. The van der Waals surface area contributed by atoms with E-state index >= 15 is 0 Å². The van der Waals surface area contributed by atoms with Crippen LogP contribution >= 0.6 is 0 Å². The highest BCUT2D eigenvalue weighted by Gasteiger charge is 2.72. The molecule has 4 fully saturated rings. The van der Waals surface area contributed by atoms with E-state index in [0.29, 0.717) is 38.5 Å². The molecule has 0 heterocycles. The number of allylic oxidation sites excluding steroid dienone is 3. The number of carboxylic acids is 1. The van der Waals surface area contributed by atoms with E-state index in [-0.39, 0.29) is 30.3 Å². The molecule has 5 aliphatic carbocycles. The van der Waals surface area contributed by atoms with E-state index in [4.69, 9.17) is 0 Å². The third-order valence-electron chi connectivity index (χ3n) is 13.1. The Morgan fingerprint density at radius 2 is 1.75 bits per heavy atom. The molecule has 0 aromatic heterocycles. The molecule has 0 aliphatic heterocycles. The number of aliphatic hydroxyl groups is 4. The van der Waals surface area contributed by atoms with Crippen molar-refractivity contribution in [2.24, 2.45) is 50.7 Å². The van der Waals surface area contributed by atoms with Crippen LogP contribution in [0.3, 0.4) is 0 Å². The Labute approximate surface area is 215 Å². The highest BCUT2D eigenvalue weighted by atomic mass is 16.4. The minimum Gasteiger partial charge on any atom is -0.481 e. The van der Waals surface area contributed by atoms with Gasteiger partial charge in [-0.15, -0.1) is 0 Å². The van der Waals surface area contributed by atoms with Crippen LogP contribution in [0.25, 0.3) is 0 Å². The van der Waals surface area contributed by atoms with Gasteiger partial charge >= 0.3 is 5.97 Å². The Balaban J connectivity index is 1.67. The summed E-state index contributed by atoms with van der Waals surface area (Å²) in [5, 5.41) is 54.8. The fourth-order valence-corrected chi connectivity index (χ4v) is 10.5. The standard InChI is InChI=1S/C30H46O6/c1-16-9-10-30(25(35)36)12-11-28(5)18(23(30)17(16)2)7-8-20-26(3)14-19(32)24(34)27(4,15-31)21(26)13-22(33)29(20,28)6/h7,16,19-24,31-34H,2,8-15H2,1,3-6H3,(H,35,36)/t16-,19+,20?,21?,22+,23?,24-,26+,27-,28+,29-,30-/m0/s1. The molecule has 6 nitrogen and oxygen atoms in total. The molecule has 12 atom stereocenters. The number of aliphatic carboxylic acids is 1. The summed E-state index contributed by atoms with van der Waals surface area (Å²) in [6.45, 7) is 14.8. The van der Waals surface area contributed by atoms with Crippen molar-refractivity contribution in [3.63, 3.8) is 0 Å². The first-order valence-electron chi connectivity index (χ1n) is 13.9. The van der Waals surface area contributed by atoms with Gasteiger partial charge in [0.15, 0.2) is 0 Å². The van der Waals surface area contributed by atoms with Crippen molar-refractivity contribution in [1.29, 1.82) is 0 Å². The summed E-state index contributed by atoms with van der Waals surface area (Å²) in [6, 6.07) is 0. The van der Waals surface area contributed by atoms with Crippen molar-refractivity contribution in [3.05, 3.63) is 23.8 Å². The van der Waals surface area contributed by atoms with Crippen molar-refractivity contribution in [2.45, 2.75) is 97.9 Å². The van der Waals surface area contributed by atoms with Crippen LogP contribution in [0.4, 0.5) is 0 Å². The summed E-state index contributed by atoms with van der Waals surface area (Å²) in [5.41, 5.74) is -0.915. The fraction of sp³-hybridized carbons (Fsp3) is 0.833. The predicted octanol–water partition coefficient (Wildman–Crippen LogP) is 3.92. The summed E-state index contributed by atoms with van der Waals surface area (Å²) in [4.78, 5) is 12.8. The van der Waals surface area contributed by atoms with Gasteiger partial charge in [-0.05, 0) is 73.5 Å². The van der Waals surface area contributed by atoms with Gasteiger partial charge in [-0.2, -0.15) is 0 Å². The Hall–Kier alpha value is -1.21. The van der Waals surface area contributed by atoms with Gasteiger partial charge in [0, 0.05) is 16.7 Å². The van der Waals surface area contributed by atoms with Crippen LogP contribution in [0.1, 0.15) is 79.6 Å². The third-order valence-corrected chi connectivity index (χ3v) is 13.1. The molecule has 0 amide bonds. The first-order chi connectivity index (χ1) is 16.6. The summed E-state index contributed by atoms with van der Waals surface area (Å²) < 4.78 is 0. The zero-order chi connectivity index (χ0) is 26.6. The summed E-state index contributed by atoms with van der Waals surface area (Å²) in [7, 11) is 0. The molecule has 5 rings (SSSR count). The Kier molecular flexibility index (Phi) is 5.80. The average molecular weight is 503 g/mol. The maximum absolute atomic E-state index is 12.8. The second kappa shape index (κ2) is 7.91. The van der Waals surface area contributed by atoms with Gasteiger partial charge in [0.2, 0.25) is 0 Å². The first-order valence-corrected chi connectivity index (χ1v) is 13.9. The largest absolute Gasteiger partial charge is 0.481 e. The number of hydrogen-bond acceptors (Lipinski definition) is 5. The number of rotatable bonds is 2. The fourth-order valence-electron chi connectivity index (χ4n) is 10.5. The SMILES string of the molecule is C=C1C2C3=CCC4[C@@]5(C)C[C@@H](O)[C@H](O)[C@@](C)(CO)C5C[C@@H](O)[C@@]4(C)[C@]3(C)CC[C@@]2(C(=O)O)CC[C@@H]1C. The number of aliphatic hydroxyl groups excluding tert-OH is 4. The summed E-state index contributed by atoms with van der Waals surface area (Å²) in [5.74, 6) is -0.822. The smallest absolute Gasteiger partial charge is 0.310 e. The van der Waals surface area contributed by atoms with E-state index in [0.717, 1.165) is 17.6 Å². The lowest BCUT2D eigenvalue weighted by atomic mass is 9.32. The normalized spacial score (nSPS) is 56.5. The van der Waals surface area contributed by atoms with Crippen molar-refractivity contribution in [3.8, 4) is 0 Å². The van der Waals surface area contributed by atoms with E-state index in [1.54, 1.807) is 0 Å². The van der Waals surface area contributed by atoms with E-state index in [9.17, 15) is 30.3 Å². The van der Waals surface area contributed by atoms with E-state index in [1.807, 2.05) is 6.92 Å². The monoisotopic (exact) mass is 502 g/mol. The van der Waals surface area contributed by atoms with Crippen molar-refractivity contribution >= 4 is 5.97 Å². The molecule has 5 aliphatic rings. The lowest BCUT2D eigenvalue weighted by Crippen LogP contribution is -2.71. The van der Waals surface area contributed by atoms with Crippen LogP contribution in [0.2, 0.25) is 0 Å². The molecule has 0 aromatic rings. The molecule has 0 aromatic carbocycles. The lowest BCUT2D eigenvalue weighted by Gasteiger charge is -2.72. The number of hydrogen-bond donors (Lipinski definition) is 5. The number of carbonyl (C=O) groups is 1. The first kappa shape index (κ1) is 26.4. The van der Waals surface area contributed by atoms with Crippen LogP contribution in [0.5, 0.6) is 0 Å². The van der Waals surface area contributed by atoms with E-state index in [2.05, 4.69) is 40.3 Å². The maximum atomic E-state index is 12.8. The minimum atomic E-state index is -1.04. The van der Waals surface area contributed by atoms with Crippen molar-refractivity contribution < 1.29 is 30.3 Å². The van der Waals surface area contributed by atoms with Crippen LogP contribution < -0.4 is 0 Å². The second-order valence-electron chi connectivity index (χ2n) is 14.2. The van der Waals surface area contributed by atoms with Gasteiger partial charge in [0.25, 0.3) is 0 Å². The molecule has 36 heavy (non-hydrogen) atoms. The van der Waals surface area contributed by atoms with Crippen LogP contribution in [-0.4, -0.2) is 56.4 Å². The average Bonchev–Trinajstić information content (AvgIpc) is 2.82. The van der Waals surface area contributed by atoms with Gasteiger partial charge in [0.1, 0.15) is 0 Å². The zero-order valence-electron chi connectivity index (χ0n) is 22.6. The van der Waals surface area contributed by atoms with Crippen LogP contribution in [-0.2, 0) is 4.79 Å². The summed E-state index contributed by atoms with van der Waals surface area (Å²) in [6.07, 6.45) is 3.92. The van der Waals surface area contributed by atoms with Crippen molar-refractivity contribution in [2.75, 3.05) is 6.61 Å². The van der Waals surface area contributed by atoms with Gasteiger partial charge in [-0.1, -0.05) is 58.4 Å². The molecule has 202 valence electrons. The highest BCUT2D eigenvalue weighted by Crippen LogP contribution is 2.75. The minimum absolute atomic E-state index is 0.0205. The van der Waals surface area contributed by atoms with E-state index in [1.165, 1.54) is 0 Å². The molecule has 5 N–H and O–H groups in total. The predicted molar refractivity (Wildman–Crippen MR) is 137 cm³/mol.